The van der Waals surface area contributed by atoms with E-state index in [0.29, 0.717) is 0 Å². The lowest BCUT2D eigenvalue weighted by molar-refractivity contribution is 0.407. The minimum absolute atomic E-state index is 0.786. The van der Waals surface area contributed by atoms with Gasteiger partial charge in [-0.2, -0.15) is 0 Å². The maximum atomic E-state index is 5.63. The predicted molar refractivity (Wildman–Crippen MR) is 73.9 cm³/mol. The van der Waals surface area contributed by atoms with Gasteiger partial charge in [-0.25, -0.2) is 0 Å². The van der Waals surface area contributed by atoms with Gasteiger partial charge in [0.15, 0.2) is 0 Å². The lowest BCUT2D eigenvalue weighted by Crippen LogP contribution is -2.15. The molecule has 0 atom stereocenters. The molecule has 1 rings (SSSR count). The van der Waals surface area contributed by atoms with Crippen LogP contribution in [-0.2, 0) is 6.54 Å². The highest BCUT2D eigenvalue weighted by atomic mass is 35.5. The van der Waals surface area contributed by atoms with E-state index >= 15 is 0 Å². The maximum Gasteiger partial charge on any atom is 0.123 e. The van der Waals surface area contributed by atoms with E-state index in [-0.39, 0.29) is 0 Å². The molecule has 0 bridgehead atoms. The van der Waals surface area contributed by atoms with E-state index in [2.05, 4.69) is 11.4 Å². The number of ether oxygens (including phenoxy) is 1. The molecule has 0 fully saturated rings. The molecule has 1 N–H and O–H groups in total. The fraction of sp³-hybridized carbons (Fsp3) is 0.571. The minimum Gasteiger partial charge on any atom is -0.496 e. The van der Waals surface area contributed by atoms with Gasteiger partial charge in [-0.05, 0) is 25.5 Å². The van der Waals surface area contributed by atoms with Gasteiger partial charge in [-0.15, -0.1) is 11.6 Å². The number of nitrogens with one attached hydrogen (secondary N) is 1. The quantitative estimate of drug-likeness (QED) is 0.538. The molecule has 0 aliphatic carbocycles. The monoisotopic (exact) mass is 255 g/mol. The molecule has 96 valence electrons. The Morgan fingerprint density at radius 2 is 1.88 bits per heavy atom. The van der Waals surface area contributed by atoms with Gasteiger partial charge in [0, 0.05) is 18.0 Å². The lowest BCUT2D eigenvalue weighted by atomic mass is 10.2. The Balaban J connectivity index is 2.13. The van der Waals surface area contributed by atoms with Gasteiger partial charge < -0.3 is 10.1 Å². The van der Waals surface area contributed by atoms with E-state index < -0.39 is 0 Å². The smallest absolute Gasteiger partial charge is 0.123 e. The van der Waals surface area contributed by atoms with Crippen molar-refractivity contribution in [1.82, 2.24) is 5.32 Å². The van der Waals surface area contributed by atoms with Gasteiger partial charge in [-0.3, -0.25) is 0 Å². The summed E-state index contributed by atoms with van der Waals surface area (Å²) >= 11 is 5.63. The molecule has 0 aliphatic rings. The second-order valence-electron chi connectivity index (χ2n) is 4.09. The van der Waals surface area contributed by atoms with Crippen molar-refractivity contribution in [2.75, 3.05) is 19.5 Å². The van der Waals surface area contributed by atoms with Crippen LogP contribution >= 0.6 is 11.6 Å². The van der Waals surface area contributed by atoms with Crippen molar-refractivity contribution in [1.29, 1.82) is 0 Å². The summed E-state index contributed by atoms with van der Waals surface area (Å²) in [6.45, 7) is 1.93. The third-order valence-electron chi connectivity index (χ3n) is 2.75. The summed E-state index contributed by atoms with van der Waals surface area (Å²) in [5.74, 6) is 1.75. The van der Waals surface area contributed by atoms with Crippen molar-refractivity contribution in [2.24, 2.45) is 0 Å². The van der Waals surface area contributed by atoms with E-state index in [0.717, 1.165) is 31.1 Å². The highest BCUT2D eigenvalue weighted by Gasteiger charge is 1.99. The van der Waals surface area contributed by atoms with E-state index in [4.69, 9.17) is 16.3 Å². The number of hydrogen-bond donors (Lipinski definition) is 1. The first kappa shape index (κ1) is 14.3. The van der Waals surface area contributed by atoms with Gasteiger partial charge in [0.25, 0.3) is 0 Å². The van der Waals surface area contributed by atoms with Gasteiger partial charge in [0.2, 0.25) is 0 Å². The van der Waals surface area contributed by atoms with Crippen molar-refractivity contribution < 1.29 is 4.74 Å². The van der Waals surface area contributed by atoms with Crippen LogP contribution in [0.1, 0.15) is 31.2 Å². The topological polar surface area (TPSA) is 21.3 Å². The molecule has 0 aromatic heterocycles. The largest absolute Gasteiger partial charge is 0.496 e. The summed E-state index contributed by atoms with van der Waals surface area (Å²) in [6.07, 6.45) is 4.84. The predicted octanol–water partition coefficient (Wildman–Crippen LogP) is 3.58. The van der Waals surface area contributed by atoms with Crippen LogP contribution in [0.25, 0.3) is 0 Å². The fourth-order valence-electron chi connectivity index (χ4n) is 1.77. The number of rotatable bonds is 9. The molecular weight excluding hydrogens is 234 g/mol. The van der Waals surface area contributed by atoms with Crippen LogP contribution in [-0.4, -0.2) is 19.5 Å². The van der Waals surface area contributed by atoms with Crippen LogP contribution in [0.15, 0.2) is 24.3 Å². The number of methoxy groups -OCH3 is 1. The molecule has 17 heavy (non-hydrogen) atoms. The molecule has 0 saturated carbocycles. The Morgan fingerprint density at radius 1 is 1.12 bits per heavy atom. The summed E-state index contributed by atoms with van der Waals surface area (Å²) < 4.78 is 5.30. The third-order valence-corrected chi connectivity index (χ3v) is 3.01. The van der Waals surface area contributed by atoms with Crippen LogP contribution in [0.3, 0.4) is 0 Å². The highest BCUT2D eigenvalue weighted by Crippen LogP contribution is 2.16. The van der Waals surface area contributed by atoms with Crippen molar-refractivity contribution in [3.8, 4) is 5.75 Å². The van der Waals surface area contributed by atoms with Gasteiger partial charge >= 0.3 is 0 Å². The van der Waals surface area contributed by atoms with E-state index in [9.17, 15) is 0 Å². The van der Waals surface area contributed by atoms with Crippen molar-refractivity contribution in [3.05, 3.63) is 29.8 Å². The molecule has 0 spiro atoms. The van der Waals surface area contributed by atoms with Crippen LogP contribution in [0.5, 0.6) is 5.75 Å². The van der Waals surface area contributed by atoms with Crippen LogP contribution in [0.2, 0.25) is 0 Å². The van der Waals surface area contributed by atoms with Crippen LogP contribution in [0, 0.1) is 0 Å². The second kappa shape index (κ2) is 9.32. The average Bonchev–Trinajstić information content (AvgIpc) is 2.38. The van der Waals surface area contributed by atoms with Gasteiger partial charge in [0.1, 0.15) is 5.75 Å². The van der Waals surface area contributed by atoms with E-state index in [1.165, 1.54) is 24.8 Å². The van der Waals surface area contributed by atoms with E-state index in [1.54, 1.807) is 7.11 Å². The molecule has 0 unspecified atom stereocenters. The van der Waals surface area contributed by atoms with E-state index in [1.807, 2.05) is 18.2 Å². The molecule has 1 aromatic carbocycles. The Morgan fingerprint density at radius 3 is 2.65 bits per heavy atom. The Hall–Kier alpha value is -0.730. The molecule has 2 nitrogen and oxygen atoms in total. The number of alkyl halides is 1. The summed E-state index contributed by atoms with van der Waals surface area (Å²) in [7, 11) is 1.71. The van der Waals surface area contributed by atoms with Gasteiger partial charge in [0.05, 0.1) is 7.11 Å². The Kier molecular flexibility index (Phi) is 7.85. The number of benzene rings is 1. The van der Waals surface area contributed by atoms with Crippen LogP contribution < -0.4 is 10.1 Å². The minimum atomic E-state index is 0.786. The zero-order valence-electron chi connectivity index (χ0n) is 10.5. The Labute approximate surface area is 109 Å². The third kappa shape index (κ3) is 5.94. The first-order valence-electron chi connectivity index (χ1n) is 6.27. The van der Waals surface area contributed by atoms with Crippen molar-refractivity contribution >= 4 is 11.6 Å². The zero-order valence-corrected chi connectivity index (χ0v) is 11.3. The highest BCUT2D eigenvalue weighted by molar-refractivity contribution is 6.17. The Bertz CT molecular complexity index is 304. The maximum absolute atomic E-state index is 5.63. The average molecular weight is 256 g/mol. The van der Waals surface area contributed by atoms with Crippen LogP contribution in [0.4, 0.5) is 0 Å². The summed E-state index contributed by atoms with van der Waals surface area (Å²) in [5.41, 5.74) is 1.22. The number of para-hydroxylation sites is 1. The summed E-state index contributed by atoms with van der Waals surface area (Å²) in [5, 5.41) is 3.44. The molecular formula is C14H22ClNO. The summed E-state index contributed by atoms with van der Waals surface area (Å²) in [6, 6.07) is 8.13. The molecule has 0 amide bonds. The molecule has 3 heteroatoms. The standard InChI is InChI=1S/C14H22ClNO/c1-17-14-9-5-4-8-13(14)12-16-11-7-3-2-6-10-15/h4-5,8-9,16H,2-3,6-7,10-12H2,1H3. The van der Waals surface area contributed by atoms with Crippen molar-refractivity contribution in [3.63, 3.8) is 0 Å². The van der Waals surface area contributed by atoms with Gasteiger partial charge in [-0.1, -0.05) is 31.0 Å². The number of unbranched alkanes of at least 4 members (excludes halogenated alkanes) is 3. The molecule has 0 heterocycles. The van der Waals surface area contributed by atoms with Crippen molar-refractivity contribution in [2.45, 2.75) is 32.2 Å². The second-order valence-corrected chi connectivity index (χ2v) is 4.47. The zero-order chi connectivity index (χ0) is 12.3. The number of hydrogen-bond acceptors (Lipinski definition) is 2. The molecule has 0 saturated heterocycles. The first-order chi connectivity index (χ1) is 8.38. The normalized spacial score (nSPS) is 10.5. The lowest BCUT2D eigenvalue weighted by Gasteiger charge is -2.09. The summed E-state index contributed by atoms with van der Waals surface area (Å²) in [4.78, 5) is 0. The molecule has 1 aromatic rings. The first-order valence-corrected chi connectivity index (χ1v) is 6.80. The SMILES string of the molecule is COc1ccccc1CNCCCCCCCl. The fourth-order valence-corrected chi connectivity index (χ4v) is 1.96. The molecule has 0 aliphatic heterocycles. The molecule has 0 radical (unpaired) electrons. The number of halogens is 1.